The molecule has 3 aromatic rings. The Kier molecular flexibility index (Phi) is 6.33. The van der Waals surface area contributed by atoms with E-state index in [1.807, 2.05) is 48.5 Å². The van der Waals surface area contributed by atoms with E-state index in [1.54, 1.807) is 31.0 Å². The lowest BCUT2D eigenvalue weighted by molar-refractivity contribution is 0.0956. The van der Waals surface area contributed by atoms with Crippen LogP contribution in [0.25, 0.3) is 16.9 Å². The molecule has 0 unspecified atom stereocenters. The van der Waals surface area contributed by atoms with Gasteiger partial charge in [0.25, 0.3) is 5.91 Å². The highest BCUT2D eigenvalue weighted by Gasteiger charge is 2.19. The summed E-state index contributed by atoms with van der Waals surface area (Å²) in [7, 11) is -1.59. The van der Waals surface area contributed by atoms with Gasteiger partial charge >= 0.3 is 0 Å². The van der Waals surface area contributed by atoms with Crippen molar-refractivity contribution in [3.05, 3.63) is 66.4 Å². The molecule has 7 nitrogen and oxygen atoms in total. The number of nitrogens with zero attached hydrogens (tertiary/aromatic N) is 2. The molecule has 0 aliphatic heterocycles. The van der Waals surface area contributed by atoms with E-state index in [1.165, 1.54) is 0 Å². The van der Waals surface area contributed by atoms with Crippen LogP contribution in [0.5, 0.6) is 5.75 Å². The first-order valence-electron chi connectivity index (χ1n) is 9.21. The Morgan fingerprint density at radius 3 is 2.59 bits per heavy atom. The van der Waals surface area contributed by atoms with Gasteiger partial charge in [0, 0.05) is 24.1 Å². The van der Waals surface area contributed by atoms with Gasteiger partial charge < -0.3 is 10.1 Å². The van der Waals surface area contributed by atoms with Gasteiger partial charge in [0.2, 0.25) is 0 Å². The van der Waals surface area contributed by atoms with Crippen LogP contribution in [0.1, 0.15) is 17.3 Å². The Labute approximate surface area is 170 Å². The highest BCUT2D eigenvalue weighted by atomic mass is 32.2. The number of methoxy groups -OCH3 is 1. The number of carbonyl (C=O) groups excluding carboxylic acids is 1. The van der Waals surface area contributed by atoms with Crippen molar-refractivity contribution in [1.29, 1.82) is 0 Å². The number of rotatable bonds is 8. The Balaban J connectivity index is 1.95. The van der Waals surface area contributed by atoms with E-state index < -0.39 is 9.84 Å². The third-order valence-corrected chi connectivity index (χ3v) is 6.17. The molecule has 0 aliphatic rings. The van der Waals surface area contributed by atoms with E-state index in [4.69, 9.17) is 4.74 Å². The highest BCUT2D eigenvalue weighted by molar-refractivity contribution is 7.91. The van der Waals surface area contributed by atoms with Gasteiger partial charge in [-0.2, -0.15) is 5.10 Å². The maximum Gasteiger partial charge on any atom is 0.255 e. The molecule has 0 spiro atoms. The molecule has 0 aliphatic carbocycles. The average molecular weight is 413 g/mol. The molecule has 0 saturated heterocycles. The normalized spacial score (nSPS) is 11.2. The standard InChI is InChI=1S/C21H23N3O4S/c1-3-29(26,27)13-12-22-21(25)19-15-24(17-9-5-4-6-10-17)23-20(19)16-8-7-11-18(14-16)28-2/h4-11,14-15H,3,12-13H2,1-2H3,(H,22,25). The number of hydrogen-bond donors (Lipinski definition) is 1. The zero-order valence-electron chi connectivity index (χ0n) is 16.3. The van der Waals surface area contributed by atoms with Gasteiger partial charge in [0.1, 0.15) is 11.4 Å². The molecule has 0 fully saturated rings. The van der Waals surface area contributed by atoms with Crippen LogP contribution in [0.2, 0.25) is 0 Å². The van der Waals surface area contributed by atoms with Gasteiger partial charge in [0.15, 0.2) is 9.84 Å². The van der Waals surface area contributed by atoms with Crippen LogP contribution in [0.15, 0.2) is 60.8 Å². The van der Waals surface area contributed by atoms with Gasteiger partial charge in [-0.15, -0.1) is 0 Å². The molecular weight excluding hydrogens is 390 g/mol. The van der Waals surface area contributed by atoms with Crippen LogP contribution in [0.3, 0.4) is 0 Å². The minimum absolute atomic E-state index is 0.0447. The van der Waals surface area contributed by atoms with E-state index >= 15 is 0 Å². The first kappa shape index (κ1) is 20.6. The van der Waals surface area contributed by atoms with Crippen molar-refractivity contribution in [3.8, 4) is 22.7 Å². The molecule has 8 heteroatoms. The molecule has 2 aromatic carbocycles. The third-order valence-electron chi connectivity index (χ3n) is 4.46. The number of benzene rings is 2. The number of amides is 1. The minimum Gasteiger partial charge on any atom is -0.497 e. The third kappa shape index (κ3) is 5.03. The summed E-state index contributed by atoms with van der Waals surface area (Å²) in [5.41, 5.74) is 2.38. The van der Waals surface area contributed by atoms with Gasteiger partial charge in [-0.05, 0) is 24.3 Å². The summed E-state index contributed by atoms with van der Waals surface area (Å²) >= 11 is 0. The summed E-state index contributed by atoms with van der Waals surface area (Å²) in [5.74, 6) is 0.217. The van der Waals surface area contributed by atoms with Gasteiger partial charge in [-0.1, -0.05) is 37.3 Å². The molecule has 152 valence electrons. The summed E-state index contributed by atoms with van der Waals surface area (Å²) in [6, 6.07) is 16.7. The zero-order valence-corrected chi connectivity index (χ0v) is 17.1. The largest absolute Gasteiger partial charge is 0.497 e. The molecule has 0 saturated carbocycles. The summed E-state index contributed by atoms with van der Waals surface area (Å²) < 4.78 is 30.3. The number of nitrogens with one attached hydrogen (secondary N) is 1. The fraction of sp³-hybridized carbons (Fsp3) is 0.238. The summed E-state index contributed by atoms with van der Waals surface area (Å²) in [5, 5.41) is 7.29. The topological polar surface area (TPSA) is 90.3 Å². The minimum atomic E-state index is -3.16. The van der Waals surface area contributed by atoms with Crippen molar-refractivity contribution in [2.75, 3.05) is 25.2 Å². The van der Waals surface area contributed by atoms with E-state index in [2.05, 4.69) is 10.4 Å². The predicted molar refractivity (Wildman–Crippen MR) is 112 cm³/mol. The molecule has 1 aromatic heterocycles. The Morgan fingerprint density at radius 2 is 1.90 bits per heavy atom. The quantitative estimate of drug-likeness (QED) is 0.613. The van der Waals surface area contributed by atoms with E-state index in [0.29, 0.717) is 17.0 Å². The second-order valence-corrected chi connectivity index (χ2v) is 8.87. The number of aromatic nitrogens is 2. The van der Waals surface area contributed by atoms with Crippen LogP contribution in [-0.2, 0) is 9.84 Å². The van der Waals surface area contributed by atoms with Gasteiger partial charge in [-0.25, -0.2) is 13.1 Å². The molecule has 0 atom stereocenters. The van der Waals surface area contributed by atoms with Crippen LogP contribution in [-0.4, -0.2) is 49.3 Å². The lowest BCUT2D eigenvalue weighted by Gasteiger charge is -2.06. The average Bonchev–Trinajstić information content (AvgIpc) is 3.20. The maximum atomic E-state index is 12.8. The summed E-state index contributed by atoms with van der Waals surface area (Å²) in [6.45, 7) is 1.63. The van der Waals surface area contributed by atoms with Crippen molar-refractivity contribution in [2.24, 2.45) is 0 Å². The first-order valence-corrected chi connectivity index (χ1v) is 11.0. The highest BCUT2D eigenvalue weighted by Crippen LogP contribution is 2.27. The maximum absolute atomic E-state index is 12.8. The lowest BCUT2D eigenvalue weighted by Crippen LogP contribution is -2.29. The van der Waals surface area contributed by atoms with E-state index in [-0.39, 0.29) is 24.0 Å². The molecule has 3 rings (SSSR count). The second kappa shape index (κ2) is 8.91. The SMILES string of the molecule is CCS(=O)(=O)CCNC(=O)c1cn(-c2ccccc2)nc1-c1cccc(OC)c1. The van der Waals surface area contributed by atoms with Crippen molar-refractivity contribution in [1.82, 2.24) is 15.1 Å². The number of ether oxygens (including phenoxy) is 1. The zero-order chi connectivity index (χ0) is 20.9. The number of carbonyl (C=O) groups is 1. The molecule has 0 bridgehead atoms. The Hall–Kier alpha value is -3.13. The van der Waals surface area contributed by atoms with Crippen LogP contribution < -0.4 is 10.1 Å². The van der Waals surface area contributed by atoms with Crippen molar-refractivity contribution in [2.45, 2.75) is 6.92 Å². The van der Waals surface area contributed by atoms with Gasteiger partial charge in [-0.3, -0.25) is 4.79 Å². The predicted octanol–water partition coefficient (Wildman–Crippen LogP) is 2.71. The second-order valence-electron chi connectivity index (χ2n) is 6.40. The molecule has 1 amide bonds. The Morgan fingerprint density at radius 1 is 1.14 bits per heavy atom. The van der Waals surface area contributed by atoms with Crippen LogP contribution in [0.4, 0.5) is 0 Å². The van der Waals surface area contributed by atoms with E-state index in [0.717, 1.165) is 11.3 Å². The molecule has 0 radical (unpaired) electrons. The first-order chi connectivity index (χ1) is 13.9. The molecular formula is C21H23N3O4S. The summed E-state index contributed by atoms with van der Waals surface area (Å²) in [6.07, 6.45) is 1.65. The van der Waals surface area contributed by atoms with E-state index in [9.17, 15) is 13.2 Å². The molecule has 1 heterocycles. The fourth-order valence-corrected chi connectivity index (χ4v) is 3.50. The van der Waals surface area contributed by atoms with Crippen molar-refractivity contribution >= 4 is 15.7 Å². The smallest absolute Gasteiger partial charge is 0.255 e. The summed E-state index contributed by atoms with van der Waals surface area (Å²) in [4.78, 5) is 12.8. The van der Waals surface area contributed by atoms with Crippen molar-refractivity contribution in [3.63, 3.8) is 0 Å². The van der Waals surface area contributed by atoms with Crippen molar-refractivity contribution < 1.29 is 17.9 Å². The number of para-hydroxylation sites is 1. The monoisotopic (exact) mass is 413 g/mol. The van der Waals surface area contributed by atoms with Crippen LogP contribution >= 0.6 is 0 Å². The number of sulfone groups is 1. The van der Waals surface area contributed by atoms with Crippen LogP contribution in [0, 0.1) is 0 Å². The molecule has 1 N–H and O–H groups in total. The number of hydrogen-bond acceptors (Lipinski definition) is 5. The molecule has 29 heavy (non-hydrogen) atoms. The fourth-order valence-electron chi connectivity index (χ4n) is 2.80. The van der Waals surface area contributed by atoms with Gasteiger partial charge in [0.05, 0.1) is 24.1 Å². The Bertz CT molecular complexity index is 1090. The lowest BCUT2D eigenvalue weighted by atomic mass is 10.1.